The molecule has 0 radical (unpaired) electrons. The molecule has 0 spiro atoms. The molecule has 0 fully saturated rings. The molecule has 3 aromatic carbocycles. The van der Waals surface area contributed by atoms with E-state index in [9.17, 15) is 14.0 Å². The second-order valence-corrected chi connectivity index (χ2v) is 6.34. The number of carbonyl (C=O) groups excluding carboxylic acids is 2. The van der Waals surface area contributed by atoms with Gasteiger partial charge in [0, 0.05) is 23.4 Å². The summed E-state index contributed by atoms with van der Waals surface area (Å²) >= 11 is 0. The van der Waals surface area contributed by atoms with Gasteiger partial charge in [-0.1, -0.05) is 48.5 Å². The van der Waals surface area contributed by atoms with Gasteiger partial charge in [-0.05, 0) is 35.9 Å². The van der Waals surface area contributed by atoms with Crippen molar-refractivity contribution in [2.75, 3.05) is 12.4 Å². The summed E-state index contributed by atoms with van der Waals surface area (Å²) in [6.45, 7) is 0. The number of methoxy groups -OCH3 is 1. The molecular formula is C24H20FNO4. The minimum atomic E-state index is -1.16. The van der Waals surface area contributed by atoms with Gasteiger partial charge in [0.1, 0.15) is 11.6 Å². The Kier molecular flexibility index (Phi) is 6.95. The number of benzene rings is 3. The third-order valence-electron chi connectivity index (χ3n) is 4.17. The van der Waals surface area contributed by atoms with Crippen molar-refractivity contribution in [3.05, 3.63) is 102 Å². The van der Waals surface area contributed by atoms with Gasteiger partial charge in [-0.3, -0.25) is 4.79 Å². The monoisotopic (exact) mass is 405 g/mol. The first-order chi connectivity index (χ1) is 14.5. The van der Waals surface area contributed by atoms with E-state index in [2.05, 4.69) is 5.32 Å². The average Bonchev–Trinajstić information content (AvgIpc) is 2.76. The van der Waals surface area contributed by atoms with Crippen molar-refractivity contribution in [1.82, 2.24) is 0 Å². The summed E-state index contributed by atoms with van der Waals surface area (Å²) in [5.41, 5.74) is 1.53. The van der Waals surface area contributed by atoms with E-state index in [0.29, 0.717) is 22.6 Å². The zero-order chi connectivity index (χ0) is 21.3. The first-order valence-corrected chi connectivity index (χ1v) is 9.19. The van der Waals surface area contributed by atoms with Crippen LogP contribution < -0.4 is 10.1 Å². The molecule has 0 aliphatic carbocycles. The maximum atomic E-state index is 13.3. The van der Waals surface area contributed by atoms with Crippen LogP contribution in [0.15, 0.2) is 84.9 Å². The molecule has 0 aromatic heterocycles. The van der Waals surface area contributed by atoms with Crippen molar-refractivity contribution in [3.63, 3.8) is 0 Å². The quantitative estimate of drug-likeness (QED) is 0.454. The zero-order valence-electron chi connectivity index (χ0n) is 16.2. The molecule has 6 heteroatoms. The maximum Gasteiger partial charge on any atom is 0.331 e. The lowest BCUT2D eigenvalue weighted by Crippen LogP contribution is -2.25. The maximum absolute atomic E-state index is 13.3. The number of ether oxygens (including phenoxy) is 2. The van der Waals surface area contributed by atoms with Crippen LogP contribution in [0.2, 0.25) is 0 Å². The molecule has 3 rings (SSSR count). The van der Waals surface area contributed by atoms with Gasteiger partial charge >= 0.3 is 5.97 Å². The topological polar surface area (TPSA) is 64.6 Å². The second kappa shape index (κ2) is 10.0. The summed E-state index contributed by atoms with van der Waals surface area (Å²) in [6, 6.07) is 21.3. The Morgan fingerprint density at radius 3 is 2.47 bits per heavy atom. The molecule has 0 aliphatic rings. The number of anilines is 1. The second-order valence-electron chi connectivity index (χ2n) is 6.34. The fraction of sp³-hybridized carbons (Fsp3) is 0.0833. The highest BCUT2D eigenvalue weighted by atomic mass is 19.1. The number of halogens is 1. The summed E-state index contributed by atoms with van der Waals surface area (Å²) in [4.78, 5) is 25.2. The number of nitrogens with one attached hydrogen (secondary N) is 1. The molecule has 0 saturated heterocycles. The van der Waals surface area contributed by atoms with Crippen LogP contribution in [-0.2, 0) is 14.3 Å². The average molecular weight is 405 g/mol. The van der Waals surface area contributed by atoms with Crippen molar-refractivity contribution < 1.29 is 23.5 Å². The van der Waals surface area contributed by atoms with E-state index in [-0.39, 0.29) is 0 Å². The third-order valence-corrected chi connectivity index (χ3v) is 4.17. The number of hydrogen-bond donors (Lipinski definition) is 1. The minimum Gasteiger partial charge on any atom is -0.497 e. The number of carbonyl (C=O) groups is 2. The van der Waals surface area contributed by atoms with Crippen LogP contribution >= 0.6 is 0 Å². The Morgan fingerprint density at radius 2 is 1.73 bits per heavy atom. The molecule has 152 valence electrons. The van der Waals surface area contributed by atoms with Crippen molar-refractivity contribution in [2.24, 2.45) is 0 Å². The highest BCUT2D eigenvalue weighted by Gasteiger charge is 2.24. The van der Waals surface area contributed by atoms with Crippen molar-refractivity contribution in [3.8, 4) is 5.75 Å². The van der Waals surface area contributed by atoms with Gasteiger partial charge < -0.3 is 14.8 Å². The fourth-order valence-corrected chi connectivity index (χ4v) is 2.74. The molecule has 1 atom stereocenters. The smallest absolute Gasteiger partial charge is 0.331 e. The van der Waals surface area contributed by atoms with E-state index >= 15 is 0 Å². The van der Waals surface area contributed by atoms with E-state index < -0.39 is 23.8 Å². The van der Waals surface area contributed by atoms with E-state index in [0.717, 1.165) is 6.08 Å². The van der Waals surface area contributed by atoms with Crippen LogP contribution in [0.5, 0.6) is 5.75 Å². The Morgan fingerprint density at radius 1 is 0.967 bits per heavy atom. The molecule has 30 heavy (non-hydrogen) atoms. The molecular weight excluding hydrogens is 385 g/mol. The summed E-state index contributed by atoms with van der Waals surface area (Å²) in [5.74, 6) is -1.07. The Labute approximate surface area is 173 Å². The molecule has 0 unspecified atom stereocenters. The van der Waals surface area contributed by atoms with Gasteiger partial charge in [-0.15, -0.1) is 0 Å². The predicted molar refractivity (Wildman–Crippen MR) is 112 cm³/mol. The Hall–Kier alpha value is -3.93. The van der Waals surface area contributed by atoms with E-state index in [1.54, 1.807) is 60.7 Å². The standard InChI is InChI=1S/C24H20FNO4/c1-29-21-12-6-11-20(16-21)26-24(28)23(18-8-3-2-4-9-18)30-22(27)14-13-17-7-5-10-19(25)15-17/h2-16,23H,1H3,(H,26,28)/b14-13+/t23-/m1/s1. The van der Waals surface area contributed by atoms with Crippen molar-refractivity contribution in [1.29, 1.82) is 0 Å². The largest absolute Gasteiger partial charge is 0.497 e. The number of hydrogen-bond acceptors (Lipinski definition) is 4. The minimum absolute atomic E-state index is 0.412. The molecule has 1 N–H and O–H groups in total. The lowest BCUT2D eigenvalue weighted by atomic mass is 10.1. The van der Waals surface area contributed by atoms with E-state index in [1.807, 2.05) is 0 Å². The molecule has 3 aromatic rings. The summed E-state index contributed by atoms with van der Waals surface area (Å²) in [5, 5.41) is 2.73. The predicted octanol–water partition coefficient (Wildman–Crippen LogP) is 4.77. The van der Waals surface area contributed by atoms with Gasteiger partial charge in [-0.2, -0.15) is 0 Å². The molecule has 0 heterocycles. The molecule has 5 nitrogen and oxygen atoms in total. The van der Waals surface area contributed by atoms with Gasteiger partial charge in [0.05, 0.1) is 7.11 Å². The highest BCUT2D eigenvalue weighted by molar-refractivity contribution is 5.97. The first-order valence-electron chi connectivity index (χ1n) is 9.19. The molecule has 0 bridgehead atoms. The van der Waals surface area contributed by atoms with Crippen LogP contribution in [0.25, 0.3) is 6.08 Å². The van der Waals surface area contributed by atoms with Crippen molar-refractivity contribution >= 4 is 23.6 Å². The van der Waals surface area contributed by atoms with Crippen LogP contribution in [0, 0.1) is 5.82 Å². The lowest BCUT2D eigenvalue weighted by Gasteiger charge is -2.17. The zero-order valence-corrected chi connectivity index (χ0v) is 16.2. The third kappa shape index (κ3) is 5.78. The van der Waals surface area contributed by atoms with Crippen LogP contribution in [0.1, 0.15) is 17.2 Å². The Balaban J connectivity index is 1.77. The summed E-state index contributed by atoms with van der Waals surface area (Å²) in [7, 11) is 1.53. The summed E-state index contributed by atoms with van der Waals surface area (Å²) in [6.07, 6.45) is 1.42. The lowest BCUT2D eigenvalue weighted by molar-refractivity contribution is -0.149. The molecule has 0 saturated carbocycles. The normalized spacial score (nSPS) is 11.7. The van der Waals surface area contributed by atoms with Gasteiger partial charge in [0.25, 0.3) is 5.91 Å². The fourth-order valence-electron chi connectivity index (χ4n) is 2.74. The van der Waals surface area contributed by atoms with E-state index in [1.165, 1.54) is 31.4 Å². The van der Waals surface area contributed by atoms with Crippen LogP contribution in [0.3, 0.4) is 0 Å². The van der Waals surface area contributed by atoms with Gasteiger partial charge in [0.2, 0.25) is 6.10 Å². The number of amides is 1. The highest BCUT2D eigenvalue weighted by Crippen LogP contribution is 2.22. The van der Waals surface area contributed by atoms with Gasteiger partial charge in [-0.25, -0.2) is 9.18 Å². The number of rotatable bonds is 7. The SMILES string of the molecule is COc1cccc(NC(=O)[C@H](OC(=O)/C=C/c2cccc(F)c2)c2ccccc2)c1. The molecule has 1 amide bonds. The Bertz CT molecular complexity index is 1050. The first kappa shape index (κ1) is 20.8. The van der Waals surface area contributed by atoms with E-state index in [4.69, 9.17) is 9.47 Å². The molecule has 0 aliphatic heterocycles. The number of esters is 1. The van der Waals surface area contributed by atoms with Crippen LogP contribution in [0.4, 0.5) is 10.1 Å². The van der Waals surface area contributed by atoms with Crippen molar-refractivity contribution in [2.45, 2.75) is 6.10 Å². The van der Waals surface area contributed by atoms with Crippen LogP contribution in [-0.4, -0.2) is 19.0 Å². The summed E-state index contributed by atoms with van der Waals surface area (Å²) < 4.78 is 23.9. The van der Waals surface area contributed by atoms with Gasteiger partial charge in [0.15, 0.2) is 0 Å².